The minimum Gasteiger partial charge on any atom is -0.307 e. The topological polar surface area (TPSA) is 93.1 Å². The van der Waals surface area contributed by atoms with E-state index < -0.39 is 10.0 Å². The highest BCUT2D eigenvalue weighted by Crippen LogP contribution is 2.23. The highest BCUT2D eigenvalue weighted by atomic mass is 35.5. The fourth-order valence-electron chi connectivity index (χ4n) is 2.77. The summed E-state index contributed by atoms with van der Waals surface area (Å²) in [6.45, 7) is 4.03. The molecule has 2 aromatic carbocycles. The lowest BCUT2D eigenvalue weighted by Crippen LogP contribution is -2.32. The first kappa shape index (κ1) is 23.3. The van der Waals surface area contributed by atoms with Crippen LogP contribution in [0.25, 0.3) is 0 Å². The minimum absolute atomic E-state index is 0.103. The number of rotatable bonds is 8. The average Bonchev–Trinajstić information content (AvgIpc) is 3.16. The van der Waals surface area contributed by atoms with Crippen molar-refractivity contribution in [3.63, 3.8) is 0 Å². The average molecular weight is 481 g/mol. The fourth-order valence-corrected chi connectivity index (χ4v) is 4.56. The first-order valence-corrected chi connectivity index (χ1v) is 11.8. The van der Waals surface area contributed by atoms with Gasteiger partial charge in [-0.25, -0.2) is 17.8 Å². The van der Waals surface area contributed by atoms with Gasteiger partial charge in [0.15, 0.2) is 0 Å². The van der Waals surface area contributed by atoms with Crippen LogP contribution < -0.4 is 10.0 Å². The molecule has 10 heteroatoms. The second-order valence-electron chi connectivity index (χ2n) is 7.02. The van der Waals surface area contributed by atoms with Crippen molar-refractivity contribution < 1.29 is 13.2 Å². The van der Waals surface area contributed by atoms with Gasteiger partial charge in [0.25, 0.3) is 5.91 Å². The van der Waals surface area contributed by atoms with Crippen LogP contribution in [0, 0.1) is 0 Å². The SMILES string of the molecule is CCC(C)NS(=O)(=O)c1ccc(C(=O)Nc2ccnn2Cc2ccc(Cl)cc2Cl)cc1. The number of carbonyl (C=O) groups is 1. The molecule has 3 rings (SSSR count). The van der Waals surface area contributed by atoms with Crippen molar-refractivity contribution in [3.8, 4) is 0 Å². The van der Waals surface area contributed by atoms with Crippen LogP contribution >= 0.6 is 23.2 Å². The molecular weight excluding hydrogens is 459 g/mol. The van der Waals surface area contributed by atoms with Gasteiger partial charge < -0.3 is 5.32 Å². The van der Waals surface area contributed by atoms with E-state index in [-0.39, 0.29) is 16.8 Å². The molecule has 0 bridgehead atoms. The smallest absolute Gasteiger partial charge is 0.256 e. The Kier molecular flexibility index (Phi) is 7.38. The molecule has 1 unspecified atom stereocenters. The van der Waals surface area contributed by atoms with Gasteiger partial charge in [-0.05, 0) is 55.3 Å². The van der Waals surface area contributed by atoms with E-state index in [0.717, 1.165) is 5.56 Å². The second kappa shape index (κ2) is 9.82. The van der Waals surface area contributed by atoms with Crippen molar-refractivity contribution in [1.82, 2.24) is 14.5 Å². The van der Waals surface area contributed by atoms with Crippen LogP contribution in [0.15, 0.2) is 59.6 Å². The van der Waals surface area contributed by atoms with Gasteiger partial charge in [0.05, 0.1) is 17.6 Å². The van der Waals surface area contributed by atoms with E-state index in [1.54, 1.807) is 42.1 Å². The van der Waals surface area contributed by atoms with E-state index in [2.05, 4.69) is 15.1 Å². The maximum Gasteiger partial charge on any atom is 0.256 e. The van der Waals surface area contributed by atoms with Crippen LogP contribution in [0.5, 0.6) is 0 Å². The molecule has 0 saturated carbocycles. The first-order chi connectivity index (χ1) is 14.7. The Labute approximate surface area is 191 Å². The van der Waals surface area contributed by atoms with Gasteiger partial charge in [0.2, 0.25) is 10.0 Å². The van der Waals surface area contributed by atoms with E-state index in [4.69, 9.17) is 23.2 Å². The molecule has 0 aliphatic carbocycles. The summed E-state index contributed by atoms with van der Waals surface area (Å²) >= 11 is 12.2. The number of anilines is 1. The third kappa shape index (κ3) is 5.86. The molecule has 31 heavy (non-hydrogen) atoms. The summed E-state index contributed by atoms with van der Waals surface area (Å²) < 4.78 is 28.9. The quantitative estimate of drug-likeness (QED) is 0.493. The number of hydrogen-bond donors (Lipinski definition) is 2. The number of nitrogens with zero attached hydrogens (tertiary/aromatic N) is 2. The zero-order valence-corrected chi connectivity index (χ0v) is 19.3. The second-order valence-corrected chi connectivity index (χ2v) is 9.58. The summed E-state index contributed by atoms with van der Waals surface area (Å²) in [5, 5.41) is 8.05. The molecule has 3 aromatic rings. The maximum atomic E-state index is 12.7. The zero-order valence-electron chi connectivity index (χ0n) is 17.0. The lowest BCUT2D eigenvalue weighted by Gasteiger charge is -2.13. The Hall–Kier alpha value is -2.39. The van der Waals surface area contributed by atoms with Crippen molar-refractivity contribution in [2.45, 2.75) is 37.8 Å². The van der Waals surface area contributed by atoms with Crippen molar-refractivity contribution in [1.29, 1.82) is 0 Å². The van der Waals surface area contributed by atoms with Gasteiger partial charge in [0.1, 0.15) is 5.82 Å². The number of benzene rings is 2. The van der Waals surface area contributed by atoms with Gasteiger partial charge in [-0.3, -0.25) is 4.79 Å². The third-order valence-corrected chi connectivity index (χ3v) is 6.88. The summed E-state index contributed by atoms with van der Waals surface area (Å²) in [6.07, 6.45) is 2.24. The van der Waals surface area contributed by atoms with E-state index >= 15 is 0 Å². The number of halogens is 2. The normalized spacial score (nSPS) is 12.5. The number of amides is 1. The Morgan fingerprint density at radius 3 is 2.48 bits per heavy atom. The number of sulfonamides is 1. The molecule has 0 radical (unpaired) electrons. The molecule has 7 nitrogen and oxygen atoms in total. The van der Waals surface area contributed by atoms with Crippen LogP contribution in [0.3, 0.4) is 0 Å². The first-order valence-electron chi connectivity index (χ1n) is 9.59. The van der Waals surface area contributed by atoms with Crippen molar-refractivity contribution in [2.75, 3.05) is 5.32 Å². The Morgan fingerprint density at radius 2 is 1.84 bits per heavy atom. The van der Waals surface area contributed by atoms with E-state index in [0.29, 0.717) is 34.4 Å². The van der Waals surface area contributed by atoms with Gasteiger partial charge in [-0.15, -0.1) is 0 Å². The van der Waals surface area contributed by atoms with E-state index in [1.807, 2.05) is 6.92 Å². The lowest BCUT2D eigenvalue weighted by molar-refractivity contribution is 0.102. The lowest BCUT2D eigenvalue weighted by atomic mass is 10.2. The van der Waals surface area contributed by atoms with Gasteiger partial charge >= 0.3 is 0 Å². The predicted molar refractivity (Wildman–Crippen MR) is 122 cm³/mol. The zero-order chi connectivity index (χ0) is 22.6. The molecule has 0 aliphatic rings. The molecule has 1 heterocycles. The summed E-state index contributed by atoms with van der Waals surface area (Å²) in [5.41, 5.74) is 1.12. The number of aromatic nitrogens is 2. The Morgan fingerprint density at radius 1 is 1.13 bits per heavy atom. The van der Waals surface area contributed by atoms with Crippen LogP contribution in [0.1, 0.15) is 36.2 Å². The molecule has 1 atom stereocenters. The molecule has 1 amide bonds. The molecule has 1 aromatic heterocycles. The Bertz CT molecular complexity index is 1180. The minimum atomic E-state index is -3.63. The standard InChI is InChI=1S/C21H22Cl2N4O3S/c1-3-14(2)26-31(29,30)18-8-5-15(6-9-18)21(28)25-20-10-11-24-27(20)13-16-4-7-17(22)12-19(16)23/h4-12,14,26H,3,13H2,1-2H3,(H,25,28). The number of carbonyl (C=O) groups excluding carboxylic acids is 1. The van der Waals surface area contributed by atoms with Crippen molar-refractivity contribution >= 4 is 45.0 Å². The number of hydrogen-bond acceptors (Lipinski definition) is 4. The van der Waals surface area contributed by atoms with E-state index in [1.165, 1.54) is 24.3 Å². The van der Waals surface area contributed by atoms with Crippen LogP contribution in [0.4, 0.5) is 5.82 Å². The van der Waals surface area contributed by atoms with Gasteiger partial charge in [-0.2, -0.15) is 5.10 Å². The molecule has 0 spiro atoms. The van der Waals surface area contributed by atoms with Crippen LogP contribution in [0.2, 0.25) is 10.0 Å². The monoisotopic (exact) mass is 480 g/mol. The molecule has 0 fully saturated rings. The molecule has 0 saturated heterocycles. The predicted octanol–water partition coefficient (Wildman–Crippen LogP) is 4.57. The van der Waals surface area contributed by atoms with Crippen LogP contribution in [-0.4, -0.2) is 30.1 Å². The fraction of sp³-hybridized carbons (Fsp3) is 0.238. The molecular formula is C21H22Cl2N4O3S. The Balaban J connectivity index is 1.72. The van der Waals surface area contributed by atoms with E-state index in [9.17, 15) is 13.2 Å². The summed E-state index contributed by atoms with van der Waals surface area (Å²) in [5.74, 6) is 0.0916. The molecule has 2 N–H and O–H groups in total. The highest BCUT2D eigenvalue weighted by Gasteiger charge is 2.17. The summed E-state index contributed by atoms with van der Waals surface area (Å²) in [4.78, 5) is 12.8. The third-order valence-electron chi connectivity index (χ3n) is 4.69. The van der Waals surface area contributed by atoms with Crippen molar-refractivity contribution in [2.24, 2.45) is 0 Å². The molecule has 0 aliphatic heterocycles. The van der Waals surface area contributed by atoms with Gasteiger partial charge in [-0.1, -0.05) is 36.2 Å². The largest absolute Gasteiger partial charge is 0.307 e. The summed E-state index contributed by atoms with van der Waals surface area (Å²) in [7, 11) is -3.63. The maximum absolute atomic E-state index is 12.7. The van der Waals surface area contributed by atoms with Crippen molar-refractivity contribution in [3.05, 3.63) is 75.9 Å². The molecule has 164 valence electrons. The highest BCUT2D eigenvalue weighted by molar-refractivity contribution is 7.89. The van der Waals surface area contributed by atoms with Crippen LogP contribution in [-0.2, 0) is 16.6 Å². The van der Waals surface area contributed by atoms with Gasteiger partial charge in [0, 0.05) is 27.7 Å². The number of nitrogens with one attached hydrogen (secondary N) is 2. The summed E-state index contributed by atoms with van der Waals surface area (Å²) in [6, 6.07) is 12.4.